The summed E-state index contributed by atoms with van der Waals surface area (Å²) in [5, 5.41) is 0. The summed E-state index contributed by atoms with van der Waals surface area (Å²) in [5.41, 5.74) is 0. The van der Waals surface area contributed by atoms with Gasteiger partial charge in [-0.1, -0.05) is 6.07 Å². The molecule has 0 spiro atoms. The molecule has 1 saturated carbocycles. The highest BCUT2D eigenvalue weighted by atomic mass is 79.9. The van der Waals surface area contributed by atoms with E-state index in [-0.39, 0.29) is 0 Å². The summed E-state index contributed by atoms with van der Waals surface area (Å²) in [6, 6.07) is 9.22. The summed E-state index contributed by atoms with van der Waals surface area (Å²) in [6.45, 7) is 0. The van der Waals surface area contributed by atoms with Crippen LogP contribution in [-0.4, -0.2) is 17.1 Å². The van der Waals surface area contributed by atoms with Crippen molar-refractivity contribution in [2.24, 2.45) is 0 Å². The first kappa shape index (κ1) is 12.4. The van der Waals surface area contributed by atoms with Crippen LogP contribution in [0.15, 0.2) is 34.9 Å². The number of aromatic nitrogens is 2. The van der Waals surface area contributed by atoms with Gasteiger partial charge in [-0.2, -0.15) is 4.98 Å². The molecule has 0 unspecified atom stereocenters. The van der Waals surface area contributed by atoms with Crippen LogP contribution in [-0.2, 0) is 0 Å². The molecule has 1 aromatic heterocycles. The second kappa shape index (κ2) is 5.17. The average molecular weight is 321 g/mol. The molecule has 1 aliphatic rings. The van der Waals surface area contributed by atoms with Crippen LogP contribution in [0.4, 0.5) is 0 Å². The molecule has 0 N–H and O–H groups in total. The second-order valence-electron chi connectivity index (χ2n) is 4.44. The first-order chi connectivity index (χ1) is 9.24. The van der Waals surface area contributed by atoms with Crippen LogP contribution in [0, 0.1) is 0 Å². The SMILES string of the molecule is COc1cccc(Oc2cc(Br)nc(C3CC3)n2)c1. The predicted molar refractivity (Wildman–Crippen MR) is 74.8 cm³/mol. The summed E-state index contributed by atoms with van der Waals surface area (Å²) < 4.78 is 11.7. The van der Waals surface area contributed by atoms with Gasteiger partial charge in [0.15, 0.2) is 0 Å². The lowest BCUT2D eigenvalue weighted by atomic mass is 10.3. The van der Waals surface area contributed by atoms with E-state index in [1.54, 1.807) is 13.2 Å². The number of benzene rings is 1. The van der Waals surface area contributed by atoms with Gasteiger partial charge >= 0.3 is 0 Å². The van der Waals surface area contributed by atoms with Crippen molar-refractivity contribution in [3.63, 3.8) is 0 Å². The fourth-order valence-electron chi connectivity index (χ4n) is 1.78. The van der Waals surface area contributed by atoms with Gasteiger partial charge in [-0.25, -0.2) is 4.98 Å². The summed E-state index contributed by atoms with van der Waals surface area (Å²) in [4.78, 5) is 8.81. The zero-order valence-electron chi connectivity index (χ0n) is 10.5. The zero-order chi connectivity index (χ0) is 13.2. The standard InChI is InChI=1S/C14H13BrN2O2/c1-18-10-3-2-4-11(7-10)19-13-8-12(15)16-14(17-13)9-5-6-9/h2-4,7-9H,5-6H2,1H3. The van der Waals surface area contributed by atoms with Crippen LogP contribution < -0.4 is 9.47 Å². The third-order valence-corrected chi connectivity index (χ3v) is 3.30. The summed E-state index contributed by atoms with van der Waals surface area (Å²) in [7, 11) is 1.63. The highest BCUT2D eigenvalue weighted by Gasteiger charge is 2.27. The van der Waals surface area contributed by atoms with Gasteiger partial charge in [-0.3, -0.25) is 0 Å². The quantitative estimate of drug-likeness (QED) is 0.801. The maximum atomic E-state index is 5.76. The lowest BCUT2D eigenvalue weighted by molar-refractivity contribution is 0.407. The molecule has 98 valence electrons. The van der Waals surface area contributed by atoms with E-state index in [0.717, 1.165) is 29.0 Å². The molecule has 0 aliphatic heterocycles. The Kier molecular flexibility index (Phi) is 3.38. The lowest BCUT2D eigenvalue weighted by Crippen LogP contribution is -1.96. The minimum Gasteiger partial charge on any atom is -0.497 e. The van der Waals surface area contributed by atoms with Gasteiger partial charge in [-0.15, -0.1) is 0 Å². The number of rotatable bonds is 4. The van der Waals surface area contributed by atoms with Crippen LogP contribution in [0.1, 0.15) is 24.6 Å². The molecule has 0 saturated heterocycles. The van der Waals surface area contributed by atoms with E-state index in [2.05, 4.69) is 25.9 Å². The first-order valence-corrected chi connectivity index (χ1v) is 6.90. The normalized spacial score (nSPS) is 14.2. The number of methoxy groups -OCH3 is 1. The van der Waals surface area contributed by atoms with E-state index < -0.39 is 0 Å². The molecule has 19 heavy (non-hydrogen) atoms. The first-order valence-electron chi connectivity index (χ1n) is 6.11. The van der Waals surface area contributed by atoms with E-state index in [0.29, 0.717) is 17.5 Å². The Morgan fingerprint density at radius 3 is 2.68 bits per heavy atom. The van der Waals surface area contributed by atoms with Crippen LogP contribution in [0.3, 0.4) is 0 Å². The number of hydrogen-bond donors (Lipinski definition) is 0. The van der Waals surface area contributed by atoms with Gasteiger partial charge in [-0.05, 0) is 40.9 Å². The van der Waals surface area contributed by atoms with Gasteiger partial charge in [0, 0.05) is 18.1 Å². The van der Waals surface area contributed by atoms with Crippen molar-refractivity contribution in [2.75, 3.05) is 7.11 Å². The molecule has 0 bridgehead atoms. The third-order valence-electron chi connectivity index (χ3n) is 2.89. The molecular formula is C14H13BrN2O2. The molecule has 0 amide bonds. The largest absolute Gasteiger partial charge is 0.497 e. The molecule has 5 heteroatoms. The Hall–Kier alpha value is -1.62. The smallest absolute Gasteiger partial charge is 0.223 e. The molecular weight excluding hydrogens is 308 g/mol. The zero-order valence-corrected chi connectivity index (χ0v) is 12.1. The average Bonchev–Trinajstić information content (AvgIpc) is 3.22. The van der Waals surface area contributed by atoms with Crippen molar-refractivity contribution in [3.05, 3.63) is 40.8 Å². The lowest BCUT2D eigenvalue weighted by Gasteiger charge is -2.08. The van der Waals surface area contributed by atoms with Crippen LogP contribution in [0.25, 0.3) is 0 Å². The number of hydrogen-bond acceptors (Lipinski definition) is 4. The molecule has 3 rings (SSSR count). The fourth-order valence-corrected chi connectivity index (χ4v) is 2.15. The summed E-state index contributed by atoms with van der Waals surface area (Å²) in [5.74, 6) is 3.36. The van der Waals surface area contributed by atoms with Gasteiger partial charge in [0.05, 0.1) is 7.11 Å². The maximum Gasteiger partial charge on any atom is 0.223 e. The van der Waals surface area contributed by atoms with Gasteiger partial charge in [0.2, 0.25) is 5.88 Å². The van der Waals surface area contributed by atoms with Crippen LogP contribution in [0.5, 0.6) is 17.4 Å². The Morgan fingerprint density at radius 1 is 1.16 bits per heavy atom. The van der Waals surface area contributed by atoms with Crippen molar-refractivity contribution in [1.82, 2.24) is 9.97 Å². The van der Waals surface area contributed by atoms with Gasteiger partial charge in [0.1, 0.15) is 21.9 Å². The molecule has 4 nitrogen and oxygen atoms in total. The van der Waals surface area contributed by atoms with Crippen LogP contribution >= 0.6 is 15.9 Å². The Labute approximate surface area is 119 Å². The highest BCUT2D eigenvalue weighted by Crippen LogP contribution is 2.39. The maximum absolute atomic E-state index is 5.76. The molecule has 0 atom stereocenters. The van der Waals surface area contributed by atoms with Crippen LogP contribution in [0.2, 0.25) is 0 Å². The number of halogens is 1. The predicted octanol–water partition coefficient (Wildman–Crippen LogP) is 3.92. The molecule has 1 aliphatic carbocycles. The summed E-state index contributed by atoms with van der Waals surface area (Å²) in [6.07, 6.45) is 2.32. The van der Waals surface area contributed by atoms with Crippen molar-refractivity contribution in [3.8, 4) is 17.4 Å². The second-order valence-corrected chi connectivity index (χ2v) is 5.25. The summed E-state index contributed by atoms with van der Waals surface area (Å²) >= 11 is 3.39. The van der Waals surface area contributed by atoms with E-state index in [4.69, 9.17) is 9.47 Å². The molecule has 1 aromatic carbocycles. The van der Waals surface area contributed by atoms with Crippen molar-refractivity contribution in [1.29, 1.82) is 0 Å². The minimum atomic E-state index is 0.491. The molecule has 2 aromatic rings. The van der Waals surface area contributed by atoms with Gasteiger partial charge in [0.25, 0.3) is 0 Å². The van der Waals surface area contributed by atoms with E-state index in [1.165, 1.54) is 0 Å². The van der Waals surface area contributed by atoms with Crippen molar-refractivity contribution < 1.29 is 9.47 Å². The van der Waals surface area contributed by atoms with Crippen molar-refractivity contribution >= 4 is 15.9 Å². The third kappa shape index (κ3) is 3.04. The van der Waals surface area contributed by atoms with Gasteiger partial charge < -0.3 is 9.47 Å². The van der Waals surface area contributed by atoms with Crippen molar-refractivity contribution in [2.45, 2.75) is 18.8 Å². The minimum absolute atomic E-state index is 0.491. The van der Waals surface area contributed by atoms with E-state index >= 15 is 0 Å². The Bertz CT molecular complexity index is 600. The molecule has 1 fully saturated rings. The molecule has 1 heterocycles. The number of nitrogens with zero attached hydrogens (tertiary/aromatic N) is 2. The Morgan fingerprint density at radius 2 is 1.95 bits per heavy atom. The monoisotopic (exact) mass is 320 g/mol. The van der Waals surface area contributed by atoms with E-state index in [9.17, 15) is 0 Å². The highest BCUT2D eigenvalue weighted by molar-refractivity contribution is 9.10. The topological polar surface area (TPSA) is 44.2 Å². The number of ether oxygens (including phenoxy) is 2. The fraction of sp³-hybridized carbons (Fsp3) is 0.286. The molecule has 0 radical (unpaired) electrons. The Balaban J connectivity index is 1.85. The van der Waals surface area contributed by atoms with E-state index in [1.807, 2.05) is 24.3 Å².